The smallest absolute Gasteiger partial charge is 0.249 e. The third kappa shape index (κ3) is 2.99. The molecule has 3 heterocycles. The van der Waals surface area contributed by atoms with E-state index in [1.54, 1.807) is 22.8 Å². The Morgan fingerprint density at radius 2 is 1.85 bits per heavy atom. The average molecular weight is 413 g/mol. The molecular weight excluding hydrogens is 403 g/mol. The van der Waals surface area contributed by atoms with Crippen LogP contribution in [0.5, 0.6) is 0 Å². The maximum absolute atomic E-state index is 6.34. The molecule has 0 aliphatic heterocycles. The van der Waals surface area contributed by atoms with Crippen LogP contribution in [0, 0.1) is 0 Å². The van der Waals surface area contributed by atoms with Crippen LogP contribution in [0.25, 0.3) is 27.3 Å². The largest absolute Gasteiger partial charge is 0.306 e. The summed E-state index contributed by atoms with van der Waals surface area (Å²) in [6.07, 6.45) is 1.66. The van der Waals surface area contributed by atoms with Crippen LogP contribution in [0.1, 0.15) is 0 Å². The lowest BCUT2D eigenvalue weighted by molar-refractivity contribution is 0.987. The van der Waals surface area contributed by atoms with E-state index in [1.165, 1.54) is 11.3 Å². The van der Waals surface area contributed by atoms with E-state index in [2.05, 4.69) is 25.4 Å². The number of hydrogen-bond donors (Lipinski definition) is 1. The molecule has 0 aliphatic carbocycles. The van der Waals surface area contributed by atoms with E-state index < -0.39 is 0 Å². The first-order valence-corrected chi connectivity index (χ1v) is 9.59. The molecule has 0 aliphatic rings. The SMILES string of the molecule is Clc1ccc(-c2csc3nc(Nc4cnc5ccccc5n4)nn23)c(Cl)c1. The molecule has 0 amide bonds. The number of nitrogens with one attached hydrogen (secondary N) is 1. The highest BCUT2D eigenvalue weighted by atomic mass is 35.5. The van der Waals surface area contributed by atoms with E-state index in [9.17, 15) is 0 Å². The molecule has 0 radical (unpaired) electrons. The van der Waals surface area contributed by atoms with Crippen molar-refractivity contribution in [2.45, 2.75) is 0 Å². The van der Waals surface area contributed by atoms with Gasteiger partial charge in [-0.25, -0.2) is 9.50 Å². The van der Waals surface area contributed by atoms with E-state index in [0.29, 0.717) is 21.8 Å². The second-order valence-corrected chi connectivity index (χ2v) is 7.42. The fraction of sp³-hybridized carbons (Fsp3) is 0. The van der Waals surface area contributed by atoms with Gasteiger partial charge in [0.1, 0.15) is 0 Å². The van der Waals surface area contributed by atoms with E-state index in [0.717, 1.165) is 27.3 Å². The summed E-state index contributed by atoms with van der Waals surface area (Å²) in [5.41, 5.74) is 3.33. The van der Waals surface area contributed by atoms with Crippen molar-refractivity contribution in [3.63, 3.8) is 0 Å². The summed E-state index contributed by atoms with van der Waals surface area (Å²) < 4.78 is 1.75. The second-order valence-electron chi connectivity index (χ2n) is 5.74. The Balaban J connectivity index is 1.52. The molecule has 5 rings (SSSR count). The van der Waals surface area contributed by atoms with Crippen molar-refractivity contribution >= 4 is 62.3 Å². The molecule has 0 saturated heterocycles. The molecule has 9 heteroatoms. The van der Waals surface area contributed by atoms with E-state index >= 15 is 0 Å². The van der Waals surface area contributed by atoms with Gasteiger partial charge in [-0.15, -0.1) is 16.4 Å². The predicted molar refractivity (Wildman–Crippen MR) is 109 cm³/mol. The van der Waals surface area contributed by atoms with Crippen LogP contribution in [0.2, 0.25) is 10.0 Å². The van der Waals surface area contributed by atoms with Crippen LogP contribution in [-0.2, 0) is 0 Å². The number of benzene rings is 2. The number of nitrogens with zero attached hydrogens (tertiary/aromatic N) is 5. The molecule has 2 aromatic carbocycles. The quantitative estimate of drug-likeness (QED) is 0.426. The van der Waals surface area contributed by atoms with Crippen molar-refractivity contribution in [2.75, 3.05) is 5.32 Å². The Kier molecular flexibility index (Phi) is 3.93. The van der Waals surface area contributed by atoms with Gasteiger partial charge in [-0.1, -0.05) is 35.3 Å². The highest BCUT2D eigenvalue weighted by Crippen LogP contribution is 2.33. The van der Waals surface area contributed by atoms with Crippen molar-refractivity contribution in [2.24, 2.45) is 0 Å². The molecular formula is C18H10Cl2N6S. The lowest BCUT2D eigenvalue weighted by atomic mass is 10.2. The number of fused-ring (bicyclic) bond motifs is 2. The minimum absolute atomic E-state index is 0.442. The minimum atomic E-state index is 0.442. The zero-order valence-corrected chi connectivity index (χ0v) is 15.9. The van der Waals surface area contributed by atoms with Crippen molar-refractivity contribution in [1.82, 2.24) is 24.6 Å². The Hall–Kier alpha value is -2.74. The lowest BCUT2D eigenvalue weighted by Gasteiger charge is -2.03. The molecule has 27 heavy (non-hydrogen) atoms. The van der Waals surface area contributed by atoms with Gasteiger partial charge in [0.15, 0.2) is 5.82 Å². The number of aromatic nitrogens is 5. The monoisotopic (exact) mass is 412 g/mol. The third-order valence-corrected chi connectivity index (χ3v) is 5.34. The summed E-state index contributed by atoms with van der Waals surface area (Å²) in [5.74, 6) is 1.02. The predicted octanol–water partition coefficient (Wildman–Crippen LogP) is 5.45. The first-order chi connectivity index (χ1) is 13.2. The molecule has 3 aromatic heterocycles. The normalized spacial score (nSPS) is 11.3. The van der Waals surface area contributed by atoms with Crippen molar-refractivity contribution < 1.29 is 0 Å². The highest BCUT2D eigenvalue weighted by Gasteiger charge is 2.14. The van der Waals surface area contributed by atoms with Crippen LogP contribution in [0.4, 0.5) is 11.8 Å². The Morgan fingerprint density at radius 1 is 1.00 bits per heavy atom. The molecule has 6 nitrogen and oxygen atoms in total. The first-order valence-electron chi connectivity index (χ1n) is 7.96. The standard InChI is InChI=1S/C18H10Cl2N6S/c19-10-5-6-11(12(20)7-10)15-9-27-18-24-17(25-26(15)18)23-16-8-21-13-3-1-2-4-14(13)22-16/h1-9H,(H,22,23,25). The van der Waals surface area contributed by atoms with Gasteiger partial charge in [0.05, 0.1) is 27.9 Å². The number of rotatable bonds is 3. The van der Waals surface area contributed by atoms with Crippen LogP contribution in [0.3, 0.4) is 0 Å². The van der Waals surface area contributed by atoms with Crippen LogP contribution in [-0.4, -0.2) is 24.6 Å². The fourth-order valence-electron chi connectivity index (χ4n) is 2.75. The second kappa shape index (κ2) is 6.45. The number of thiazole rings is 1. The zero-order chi connectivity index (χ0) is 18.4. The Bertz CT molecular complexity index is 1300. The zero-order valence-electron chi connectivity index (χ0n) is 13.6. The van der Waals surface area contributed by atoms with Crippen molar-refractivity contribution in [3.8, 4) is 11.3 Å². The first kappa shape index (κ1) is 16.4. The summed E-state index contributed by atoms with van der Waals surface area (Å²) in [4.78, 5) is 14.2. The van der Waals surface area contributed by atoms with Gasteiger partial charge in [-0.05, 0) is 30.3 Å². The van der Waals surface area contributed by atoms with E-state index in [-0.39, 0.29) is 0 Å². The maximum Gasteiger partial charge on any atom is 0.249 e. The van der Waals surface area contributed by atoms with Crippen molar-refractivity contribution in [1.29, 1.82) is 0 Å². The summed E-state index contributed by atoms with van der Waals surface area (Å²) in [6.45, 7) is 0. The van der Waals surface area contributed by atoms with Gasteiger partial charge >= 0.3 is 0 Å². The molecule has 0 fully saturated rings. The summed E-state index contributed by atoms with van der Waals surface area (Å²) in [5, 5.41) is 10.8. The lowest BCUT2D eigenvalue weighted by Crippen LogP contribution is -1.98. The van der Waals surface area contributed by atoms with Gasteiger partial charge in [-0.3, -0.25) is 4.98 Å². The van der Waals surface area contributed by atoms with Gasteiger partial charge in [-0.2, -0.15) is 4.98 Å². The summed E-state index contributed by atoms with van der Waals surface area (Å²) >= 11 is 13.8. The number of anilines is 2. The number of hydrogen-bond acceptors (Lipinski definition) is 6. The molecule has 5 aromatic rings. The number of halogens is 2. The topological polar surface area (TPSA) is 68.0 Å². The minimum Gasteiger partial charge on any atom is -0.306 e. The van der Waals surface area contributed by atoms with Gasteiger partial charge in [0.2, 0.25) is 10.9 Å². The van der Waals surface area contributed by atoms with Gasteiger partial charge in [0, 0.05) is 16.0 Å². The third-order valence-electron chi connectivity index (χ3n) is 3.98. The molecule has 0 bridgehead atoms. The molecule has 0 unspecified atom stereocenters. The van der Waals surface area contributed by atoms with Crippen LogP contribution >= 0.6 is 34.5 Å². The summed E-state index contributed by atoms with van der Waals surface area (Å²) in [7, 11) is 0. The number of para-hydroxylation sites is 2. The van der Waals surface area contributed by atoms with Crippen molar-refractivity contribution in [3.05, 3.63) is 64.1 Å². The highest BCUT2D eigenvalue weighted by molar-refractivity contribution is 7.15. The maximum atomic E-state index is 6.34. The average Bonchev–Trinajstić information content (AvgIpc) is 3.22. The van der Waals surface area contributed by atoms with Crippen LogP contribution in [0.15, 0.2) is 54.0 Å². The van der Waals surface area contributed by atoms with E-state index in [1.807, 2.05) is 35.7 Å². The van der Waals surface area contributed by atoms with Gasteiger partial charge in [0.25, 0.3) is 0 Å². The summed E-state index contributed by atoms with van der Waals surface area (Å²) in [6, 6.07) is 13.1. The Labute approximate surface area is 167 Å². The molecule has 0 atom stereocenters. The van der Waals surface area contributed by atoms with Gasteiger partial charge < -0.3 is 5.32 Å². The van der Waals surface area contributed by atoms with Crippen LogP contribution < -0.4 is 5.32 Å². The molecule has 0 spiro atoms. The molecule has 132 valence electrons. The van der Waals surface area contributed by atoms with E-state index in [4.69, 9.17) is 23.2 Å². The fourth-order valence-corrected chi connectivity index (χ4v) is 4.08. The molecule has 0 saturated carbocycles. The molecule has 1 N–H and O–H groups in total. The Morgan fingerprint density at radius 3 is 2.70 bits per heavy atom.